The predicted molar refractivity (Wildman–Crippen MR) is 55.8 cm³/mol. The van der Waals surface area contributed by atoms with Gasteiger partial charge in [0.1, 0.15) is 12.7 Å². The van der Waals surface area contributed by atoms with Gasteiger partial charge in [0.05, 0.1) is 0 Å². The van der Waals surface area contributed by atoms with Crippen LogP contribution in [-0.4, -0.2) is 68.8 Å². The van der Waals surface area contributed by atoms with E-state index in [1.165, 1.54) is 14.2 Å². The highest BCUT2D eigenvalue weighted by molar-refractivity contribution is 5.36. The molecule has 6 heteroatoms. The van der Waals surface area contributed by atoms with Crippen molar-refractivity contribution in [3.8, 4) is 0 Å². The molecule has 0 spiro atoms. The summed E-state index contributed by atoms with van der Waals surface area (Å²) in [6, 6.07) is 0. The molecule has 0 aromatic rings. The summed E-state index contributed by atoms with van der Waals surface area (Å²) in [4.78, 5) is 12.0. The van der Waals surface area contributed by atoms with Crippen LogP contribution in [0.5, 0.6) is 0 Å². The van der Waals surface area contributed by atoms with Crippen molar-refractivity contribution < 1.29 is 24.1 Å². The van der Waals surface area contributed by atoms with Crippen molar-refractivity contribution in [3.63, 3.8) is 0 Å². The fourth-order valence-electron chi connectivity index (χ4n) is 1.95. The summed E-state index contributed by atoms with van der Waals surface area (Å²) in [5, 5.41) is 9.94. The second kappa shape index (κ2) is 6.15. The highest BCUT2D eigenvalue weighted by Gasteiger charge is 2.42. The zero-order valence-corrected chi connectivity index (χ0v) is 9.72. The molecule has 6 nitrogen and oxygen atoms in total. The highest BCUT2D eigenvalue weighted by atomic mass is 16.7. The van der Waals surface area contributed by atoms with Crippen LogP contribution < -0.4 is 0 Å². The lowest BCUT2D eigenvalue weighted by Crippen LogP contribution is -2.57. The normalized spacial score (nSPS) is 25.3. The van der Waals surface area contributed by atoms with Gasteiger partial charge in [-0.15, -0.1) is 0 Å². The number of piperidine rings is 1. The van der Waals surface area contributed by atoms with Crippen molar-refractivity contribution >= 4 is 6.47 Å². The van der Waals surface area contributed by atoms with E-state index in [1.807, 2.05) is 4.90 Å². The summed E-state index contributed by atoms with van der Waals surface area (Å²) < 4.78 is 15.1. The number of aliphatic hydroxyl groups excluding tert-OH is 1. The molecule has 1 aliphatic rings. The molecule has 1 rings (SSSR count). The number of hydrogen-bond donors (Lipinski definition) is 1. The second-order valence-corrected chi connectivity index (χ2v) is 3.75. The van der Waals surface area contributed by atoms with Crippen LogP contribution in [0.4, 0.5) is 0 Å². The van der Waals surface area contributed by atoms with Gasteiger partial charge in [0.2, 0.25) is 0 Å². The van der Waals surface area contributed by atoms with Crippen molar-refractivity contribution in [2.45, 2.75) is 18.3 Å². The number of methoxy groups -OCH3 is 2. The summed E-state index contributed by atoms with van der Waals surface area (Å²) in [6.45, 7) is 2.56. The van der Waals surface area contributed by atoms with Crippen molar-refractivity contribution in [2.24, 2.45) is 0 Å². The van der Waals surface area contributed by atoms with Crippen LogP contribution in [0, 0.1) is 0 Å². The minimum Gasteiger partial charge on any atom is -0.467 e. The van der Waals surface area contributed by atoms with E-state index in [9.17, 15) is 9.90 Å². The number of likely N-dealkylation sites (tertiary alicyclic amines) is 1. The van der Waals surface area contributed by atoms with Crippen molar-refractivity contribution in [3.05, 3.63) is 0 Å². The van der Waals surface area contributed by atoms with E-state index in [2.05, 4.69) is 4.74 Å². The van der Waals surface area contributed by atoms with Crippen LogP contribution in [0.2, 0.25) is 0 Å². The Bertz CT molecular complexity index is 219. The van der Waals surface area contributed by atoms with Gasteiger partial charge in [-0.3, -0.25) is 9.69 Å². The molecule has 0 bridgehead atoms. The monoisotopic (exact) mass is 233 g/mol. The zero-order chi connectivity index (χ0) is 12.0. The molecular formula is C10H19NO5. The number of carbonyl (C=O) groups is 1. The lowest BCUT2D eigenvalue weighted by atomic mass is 10.0. The van der Waals surface area contributed by atoms with E-state index in [-0.39, 0.29) is 0 Å². The molecule has 0 amide bonds. The fraction of sp³-hybridized carbons (Fsp3) is 0.900. The van der Waals surface area contributed by atoms with Gasteiger partial charge in [-0.05, 0) is 0 Å². The van der Waals surface area contributed by atoms with Gasteiger partial charge < -0.3 is 19.3 Å². The topological polar surface area (TPSA) is 68.2 Å². The van der Waals surface area contributed by atoms with Crippen LogP contribution in [0.25, 0.3) is 0 Å². The Morgan fingerprint density at radius 2 is 2.19 bits per heavy atom. The molecule has 16 heavy (non-hydrogen) atoms. The van der Waals surface area contributed by atoms with Crippen molar-refractivity contribution in [1.29, 1.82) is 0 Å². The van der Waals surface area contributed by atoms with E-state index in [0.29, 0.717) is 32.6 Å². The standard InChI is InChI=1S/C10H19NO5/c1-14-10(15-2)3-4-11(7-9(10)13)5-6-16-8-12/h8-9,13H,3-7H2,1-2H3. The van der Waals surface area contributed by atoms with Crippen LogP contribution in [0.1, 0.15) is 6.42 Å². The van der Waals surface area contributed by atoms with Gasteiger partial charge in [0.15, 0.2) is 5.79 Å². The lowest BCUT2D eigenvalue weighted by molar-refractivity contribution is -0.278. The molecule has 1 aliphatic heterocycles. The first-order chi connectivity index (χ1) is 7.68. The molecule has 1 heterocycles. The van der Waals surface area contributed by atoms with Gasteiger partial charge in [-0.2, -0.15) is 0 Å². The molecule has 0 aromatic carbocycles. The maximum atomic E-state index is 9.98. The second-order valence-electron chi connectivity index (χ2n) is 3.75. The molecule has 1 fully saturated rings. The Morgan fingerprint density at radius 3 is 2.69 bits per heavy atom. The molecule has 94 valence electrons. The van der Waals surface area contributed by atoms with Crippen LogP contribution in [-0.2, 0) is 19.0 Å². The Balaban J connectivity index is 2.41. The fourth-order valence-corrected chi connectivity index (χ4v) is 1.95. The summed E-state index contributed by atoms with van der Waals surface area (Å²) >= 11 is 0. The molecule has 1 N–H and O–H groups in total. The average molecular weight is 233 g/mol. The summed E-state index contributed by atoms with van der Waals surface area (Å²) in [5.41, 5.74) is 0. The molecule has 1 atom stereocenters. The first-order valence-electron chi connectivity index (χ1n) is 5.24. The molecule has 0 aliphatic carbocycles. The number of nitrogens with zero attached hydrogens (tertiary/aromatic N) is 1. The van der Waals surface area contributed by atoms with Gasteiger partial charge in [0, 0.05) is 40.3 Å². The number of rotatable bonds is 6. The molecule has 0 saturated carbocycles. The molecule has 1 saturated heterocycles. The SMILES string of the molecule is COC1(OC)CCN(CCOC=O)CC1O. The summed E-state index contributed by atoms with van der Waals surface area (Å²) in [7, 11) is 3.05. The van der Waals surface area contributed by atoms with Crippen LogP contribution >= 0.6 is 0 Å². The minimum absolute atomic E-state index is 0.336. The van der Waals surface area contributed by atoms with Gasteiger partial charge >= 0.3 is 0 Å². The number of aliphatic hydroxyl groups is 1. The lowest BCUT2D eigenvalue weighted by Gasteiger charge is -2.43. The van der Waals surface area contributed by atoms with E-state index in [1.54, 1.807) is 0 Å². The Kier molecular flexibility index (Phi) is 5.14. The average Bonchev–Trinajstić information content (AvgIpc) is 2.30. The smallest absolute Gasteiger partial charge is 0.293 e. The highest BCUT2D eigenvalue weighted by Crippen LogP contribution is 2.26. The minimum atomic E-state index is -0.901. The Labute approximate surface area is 95.1 Å². The summed E-state index contributed by atoms with van der Waals surface area (Å²) in [6.07, 6.45) is -0.116. The third-order valence-electron chi connectivity index (χ3n) is 3.00. The van der Waals surface area contributed by atoms with E-state index in [0.717, 1.165) is 6.54 Å². The van der Waals surface area contributed by atoms with E-state index in [4.69, 9.17) is 9.47 Å². The largest absolute Gasteiger partial charge is 0.467 e. The quantitative estimate of drug-likeness (QED) is 0.368. The molecule has 0 aromatic heterocycles. The maximum Gasteiger partial charge on any atom is 0.293 e. The van der Waals surface area contributed by atoms with Crippen LogP contribution in [0.15, 0.2) is 0 Å². The van der Waals surface area contributed by atoms with Crippen LogP contribution in [0.3, 0.4) is 0 Å². The number of hydrogen-bond acceptors (Lipinski definition) is 6. The number of β-amino-alcohol motifs (C(OH)–C–C–N with tert-alkyl or cyclic N) is 1. The third-order valence-corrected chi connectivity index (χ3v) is 3.00. The predicted octanol–water partition coefficient (Wildman–Crippen LogP) is -0.785. The van der Waals surface area contributed by atoms with Crippen molar-refractivity contribution in [1.82, 2.24) is 4.90 Å². The van der Waals surface area contributed by atoms with E-state index < -0.39 is 11.9 Å². The number of carbonyl (C=O) groups excluding carboxylic acids is 1. The Hall–Kier alpha value is -0.690. The molecule has 1 unspecified atom stereocenters. The molecule has 0 radical (unpaired) electrons. The van der Waals surface area contributed by atoms with Gasteiger partial charge in [0.25, 0.3) is 6.47 Å². The first kappa shape index (κ1) is 13.4. The summed E-state index contributed by atoms with van der Waals surface area (Å²) in [5.74, 6) is -0.901. The zero-order valence-electron chi connectivity index (χ0n) is 9.72. The molecular weight excluding hydrogens is 214 g/mol. The number of ether oxygens (including phenoxy) is 3. The van der Waals surface area contributed by atoms with Gasteiger partial charge in [-0.1, -0.05) is 0 Å². The van der Waals surface area contributed by atoms with E-state index >= 15 is 0 Å². The third kappa shape index (κ3) is 2.91. The Morgan fingerprint density at radius 1 is 1.50 bits per heavy atom. The van der Waals surface area contributed by atoms with Crippen molar-refractivity contribution in [2.75, 3.05) is 40.5 Å². The van der Waals surface area contributed by atoms with Gasteiger partial charge in [-0.25, -0.2) is 0 Å². The maximum absolute atomic E-state index is 9.98. The first-order valence-corrected chi connectivity index (χ1v) is 5.24.